The Balaban J connectivity index is 2.48. The van der Waals surface area contributed by atoms with Crippen LogP contribution in [0.15, 0.2) is 0 Å². The van der Waals surface area contributed by atoms with Crippen molar-refractivity contribution in [3.63, 3.8) is 0 Å². The molecule has 1 aliphatic heterocycles. The number of unbranched alkanes of at least 4 members (excludes halogenated alkanes) is 2. The zero-order valence-electron chi connectivity index (χ0n) is 15.7. The molecule has 0 spiro atoms. The molecule has 7 nitrogen and oxygen atoms in total. The van der Waals surface area contributed by atoms with E-state index in [9.17, 15) is 19.5 Å². The van der Waals surface area contributed by atoms with Gasteiger partial charge in [-0.05, 0) is 25.2 Å². The van der Waals surface area contributed by atoms with Crippen LogP contribution in [0.25, 0.3) is 0 Å². The van der Waals surface area contributed by atoms with Gasteiger partial charge in [0.2, 0.25) is 11.8 Å². The number of carboxylic acid groups (broad SMARTS) is 1. The van der Waals surface area contributed by atoms with Crippen molar-refractivity contribution in [2.24, 2.45) is 17.6 Å². The molecule has 0 aromatic carbocycles. The number of carbonyl (C=O) groups is 3. The molecule has 144 valence electrons. The van der Waals surface area contributed by atoms with Gasteiger partial charge in [-0.3, -0.25) is 9.59 Å². The molecule has 25 heavy (non-hydrogen) atoms. The Labute approximate surface area is 150 Å². The first-order chi connectivity index (χ1) is 11.8. The number of nitrogens with two attached hydrogens (primary N) is 1. The molecule has 1 aliphatic rings. The number of carboxylic acids is 1. The maximum atomic E-state index is 12.4. The third-order valence-electron chi connectivity index (χ3n) is 4.89. The van der Waals surface area contributed by atoms with Gasteiger partial charge in [-0.1, -0.05) is 40.0 Å². The van der Waals surface area contributed by atoms with Crippen LogP contribution in [0.5, 0.6) is 0 Å². The molecule has 0 aromatic heterocycles. The van der Waals surface area contributed by atoms with Gasteiger partial charge in [0.1, 0.15) is 6.04 Å². The highest BCUT2D eigenvalue weighted by molar-refractivity contribution is 5.85. The van der Waals surface area contributed by atoms with Crippen LogP contribution in [-0.2, 0) is 14.4 Å². The highest BCUT2D eigenvalue weighted by atomic mass is 16.4. The van der Waals surface area contributed by atoms with Gasteiger partial charge in [0.15, 0.2) is 0 Å². The second kappa shape index (κ2) is 10.4. The van der Waals surface area contributed by atoms with Gasteiger partial charge in [0.25, 0.3) is 0 Å². The number of likely N-dealkylation sites (tertiary alicyclic amines) is 1. The van der Waals surface area contributed by atoms with E-state index in [2.05, 4.69) is 12.2 Å². The third kappa shape index (κ3) is 6.65. The molecule has 0 unspecified atom stereocenters. The van der Waals surface area contributed by atoms with E-state index in [-0.39, 0.29) is 23.7 Å². The molecule has 0 saturated carbocycles. The molecule has 0 aliphatic carbocycles. The first-order valence-electron chi connectivity index (χ1n) is 9.35. The first kappa shape index (κ1) is 21.4. The van der Waals surface area contributed by atoms with Crippen LogP contribution in [0.4, 0.5) is 0 Å². The second-order valence-electron chi connectivity index (χ2n) is 7.26. The molecule has 2 amide bonds. The highest BCUT2D eigenvalue weighted by Crippen LogP contribution is 2.19. The van der Waals surface area contributed by atoms with Crippen molar-refractivity contribution in [1.29, 1.82) is 0 Å². The van der Waals surface area contributed by atoms with Crippen LogP contribution < -0.4 is 11.1 Å². The monoisotopic (exact) mass is 355 g/mol. The lowest BCUT2D eigenvalue weighted by Gasteiger charge is -2.34. The molecule has 1 fully saturated rings. The smallest absolute Gasteiger partial charge is 0.326 e. The number of rotatable bonds is 9. The quantitative estimate of drug-likeness (QED) is 0.541. The van der Waals surface area contributed by atoms with Gasteiger partial charge in [-0.2, -0.15) is 0 Å². The summed E-state index contributed by atoms with van der Waals surface area (Å²) in [6.07, 6.45) is 4.29. The molecule has 0 bridgehead atoms. The third-order valence-corrected chi connectivity index (χ3v) is 4.89. The van der Waals surface area contributed by atoms with Crippen molar-refractivity contribution in [2.75, 3.05) is 13.1 Å². The average Bonchev–Trinajstić information content (AvgIpc) is 2.59. The minimum Gasteiger partial charge on any atom is -0.480 e. The van der Waals surface area contributed by atoms with Crippen LogP contribution in [0.3, 0.4) is 0 Å². The maximum absolute atomic E-state index is 12.4. The maximum Gasteiger partial charge on any atom is 0.326 e. The lowest BCUT2D eigenvalue weighted by atomic mass is 9.94. The summed E-state index contributed by atoms with van der Waals surface area (Å²) in [5, 5.41) is 11.9. The standard InChI is InChI=1S/C18H33N3O4/c1-4-5-6-7-14(18(24)25)20-16(22)13-8-10-21(11-9-13)17(23)15(19)12(2)3/h12-15H,4-11,19H2,1-3H3,(H,20,22)(H,24,25)/t14-,15+/m1/s1. The van der Waals surface area contributed by atoms with Crippen molar-refractivity contribution in [3.8, 4) is 0 Å². The molecular formula is C18H33N3O4. The van der Waals surface area contributed by atoms with E-state index in [4.69, 9.17) is 5.73 Å². The Bertz CT molecular complexity index is 459. The summed E-state index contributed by atoms with van der Waals surface area (Å²) < 4.78 is 0. The van der Waals surface area contributed by atoms with Crippen LogP contribution in [0.1, 0.15) is 59.3 Å². The van der Waals surface area contributed by atoms with Gasteiger partial charge < -0.3 is 21.1 Å². The number of nitrogens with zero attached hydrogens (tertiary/aromatic N) is 1. The number of piperidine rings is 1. The summed E-state index contributed by atoms with van der Waals surface area (Å²) in [6, 6.07) is -1.34. The molecule has 0 radical (unpaired) electrons. The Morgan fingerprint density at radius 3 is 2.28 bits per heavy atom. The fourth-order valence-corrected chi connectivity index (χ4v) is 3.00. The number of amides is 2. The summed E-state index contributed by atoms with van der Waals surface area (Å²) in [5.74, 6) is -1.44. The van der Waals surface area contributed by atoms with Crippen molar-refractivity contribution in [1.82, 2.24) is 10.2 Å². The van der Waals surface area contributed by atoms with Crippen LogP contribution in [0, 0.1) is 11.8 Å². The van der Waals surface area contributed by atoms with Gasteiger partial charge in [-0.15, -0.1) is 0 Å². The molecule has 1 rings (SSSR count). The van der Waals surface area contributed by atoms with Crippen molar-refractivity contribution in [2.45, 2.75) is 71.4 Å². The number of nitrogens with one attached hydrogen (secondary N) is 1. The first-order valence-corrected chi connectivity index (χ1v) is 9.35. The lowest BCUT2D eigenvalue weighted by molar-refractivity contribution is -0.143. The Morgan fingerprint density at radius 1 is 1.20 bits per heavy atom. The number of aliphatic carboxylic acids is 1. The van der Waals surface area contributed by atoms with Gasteiger partial charge in [0.05, 0.1) is 6.04 Å². The van der Waals surface area contributed by atoms with Crippen molar-refractivity contribution < 1.29 is 19.5 Å². The van der Waals surface area contributed by atoms with E-state index in [0.717, 1.165) is 19.3 Å². The zero-order chi connectivity index (χ0) is 19.0. The summed E-state index contributed by atoms with van der Waals surface area (Å²) >= 11 is 0. The van der Waals surface area contributed by atoms with Gasteiger partial charge in [-0.25, -0.2) is 4.79 Å². The van der Waals surface area contributed by atoms with Crippen molar-refractivity contribution >= 4 is 17.8 Å². The normalized spacial score (nSPS) is 18.0. The largest absolute Gasteiger partial charge is 0.480 e. The predicted octanol–water partition coefficient (Wildman–Crippen LogP) is 1.36. The summed E-state index contributed by atoms with van der Waals surface area (Å²) in [4.78, 5) is 37.6. The lowest BCUT2D eigenvalue weighted by Crippen LogP contribution is -2.51. The second-order valence-corrected chi connectivity index (χ2v) is 7.26. The minimum atomic E-state index is -0.986. The molecular weight excluding hydrogens is 322 g/mol. The average molecular weight is 355 g/mol. The fourth-order valence-electron chi connectivity index (χ4n) is 3.00. The Kier molecular flexibility index (Phi) is 8.89. The SMILES string of the molecule is CCCCC[C@@H](NC(=O)C1CCN(C(=O)[C@@H](N)C(C)C)CC1)C(=O)O. The fraction of sp³-hybridized carbons (Fsp3) is 0.833. The van der Waals surface area contributed by atoms with E-state index >= 15 is 0 Å². The van der Waals surface area contributed by atoms with E-state index in [1.807, 2.05) is 13.8 Å². The minimum absolute atomic E-state index is 0.0724. The molecule has 7 heteroatoms. The van der Waals surface area contributed by atoms with Crippen LogP contribution in [-0.4, -0.2) is 53.0 Å². The molecule has 1 saturated heterocycles. The number of hydrogen-bond donors (Lipinski definition) is 3. The summed E-state index contributed by atoms with van der Waals surface area (Å²) in [7, 11) is 0. The van der Waals surface area contributed by atoms with Crippen LogP contribution in [0.2, 0.25) is 0 Å². The van der Waals surface area contributed by atoms with Gasteiger partial charge in [0, 0.05) is 19.0 Å². The topological polar surface area (TPSA) is 113 Å². The Hall–Kier alpha value is -1.63. The summed E-state index contributed by atoms with van der Waals surface area (Å²) in [6.45, 7) is 6.85. The number of carbonyl (C=O) groups excluding carboxylic acids is 2. The highest BCUT2D eigenvalue weighted by Gasteiger charge is 2.31. The van der Waals surface area contributed by atoms with Gasteiger partial charge >= 0.3 is 5.97 Å². The predicted molar refractivity (Wildman–Crippen MR) is 95.8 cm³/mol. The molecule has 2 atom stereocenters. The molecule has 1 heterocycles. The Morgan fingerprint density at radius 2 is 1.80 bits per heavy atom. The van der Waals surface area contributed by atoms with Crippen molar-refractivity contribution in [3.05, 3.63) is 0 Å². The van der Waals surface area contributed by atoms with E-state index in [0.29, 0.717) is 32.4 Å². The van der Waals surface area contributed by atoms with E-state index in [1.165, 1.54) is 0 Å². The summed E-state index contributed by atoms with van der Waals surface area (Å²) in [5.41, 5.74) is 5.91. The molecule has 0 aromatic rings. The van der Waals surface area contributed by atoms with E-state index < -0.39 is 18.1 Å². The van der Waals surface area contributed by atoms with E-state index in [1.54, 1.807) is 4.90 Å². The number of hydrogen-bond acceptors (Lipinski definition) is 4. The molecule has 4 N–H and O–H groups in total. The van der Waals surface area contributed by atoms with Crippen LogP contribution >= 0.6 is 0 Å². The zero-order valence-corrected chi connectivity index (χ0v) is 15.7.